The van der Waals surface area contributed by atoms with Crippen molar-refractivity contribution in [2.75, 3.05) is 0 Å². The van der Waals surface area contributed by atoms with Gasteiger partial charge in [-0.2, -0.15) is 0 Å². The molecule has 224 valence electrons. The average molecular weight is 609 g/mol. The summed E-state index contributed by atoms with van der Waals surface area (Å²) in [5.41, 5.74) is 12.4. The molecule has 0 saturated carbocycles. The predicted octanol–water partition coefficient (Wildman–Crippen LogP) is 13.5. The zero-order valence-corrected chi connectivity index (χ0v) is 26.5. The van der Waals surface area contributed by atoms with Crippen molar-refractivity contribution in [1.82, 2.24) is 0 Å². The first-order valence-electron chi connectivity index (χ1n) is 16.6. The third kappa shape index (κ3) is 4.87. The zero-order valence-electron chi connectivity index (χ0n) is 26.5. The average Bonchev–Trinajstić information content (AvgIpc) is 3.17. The molecular weight excluding hydrogens is 577 g/mol. The number of rotatable bonds is 5. The highest BCUT2D eigenvalue weighted by atomic mass is 14.2. The second-order valence-electron chi connectivity index (χ2n) is 12.5. The van der Waals surface area contributed by atoms with E-state index < -0.39 is 0 Å². The van der Waals surface area contributed by atoms with E-state index in [0.29, 0.717) is 0 Å². The lowest BCUT2D eigenvalue weighted by Gasteiger charge is -2.18. The van der Waals surface area contributed by atoms with Crippen molar-refractivity contribution in [3.63, 3.8) is 0 Å². The van der Waals surface area contributed by atoms with Gasteiger partial charge in [0.15, 0.2) is 0 Å². The largest absolute Gasteiger partial charge is 0.0622 e. The van der Waals surface area contributed by atoms with Gasteiger partial charge in [-0.15, -0.1) is 0 Å². The van der Waals surface area contributed by atoms with E-state index in [1.807, 2.05) is 0 Å². The number of benzene rings is 9. The maximum absolute atomic E-state index is 2.37. The third-order valence-corrected chi connectivity index (χ3v) is 9.64. The van der Waals surface area contributed by atoms with Crippen LogP contribution in [0.25, 0.3) is 88.0 Å². The van der Waals surface area contributed by atoms with Gasteiger partial charge >= 0.3 is 0 Å². The number of hydrogen-bond donors (Lipinski definition) is 0. The molecule has 0 aliphatic carbocycles. The van der Waals surface area contributed by atoms with E-state index in [-0.39, 0.29) is 0 Å². The SMILES string of the molecule is c1ccc(-c2ccccc2-c2cccc(-c3cccc(-c4c5ccccc5c(-c5ccc6ccccc6c5)c5ccccc45)c3)c2)cc1. The molecule has 0 saturated heterocycles. The molecule has 0 spiro atoms. The maximum atomic E-state index is 2.37. The van der Waals surface area contributed by atoms with Crippen LogP contribution in [0.1, 0.15) is 0 Å². The number of fused-ring (bicyclic) bond motifs is 3. The summed E-state index contributed by atoms with van der Waals surface area (Å²) in [6.45, 7) is 0. The summed E-state index contributed by atoms with van der Waals surface area (Å²) in [6, 6.07) is 70.7. The quantitative estimate of drug-likeness (QED) is 0.171. The van der Waals surface area contributed by atoms with Crippen molar-refractivity contribution in [1.29, 1.82) is 0 Å². The van der Waals surface area contributed by atoms with Gasteiger partial charge in [-0.25, -0.2) is 0 Å². The third-order valence-electron chi connectivity index (χ3n) is 9.64. The molecule has 0 heterocycles. The summed E-state index contributed by atoms with van der Waals surface area (Å²) in [5.74, 6) is 0. The second-order valence-corrected chi connectivity index (χ2v) is 12.5. The van der Waals surface area contributed by atoms with Gasteiger partial charge in [0.2, 0.25) is 0 Å². The molecule has 0 aromatic heterocycles. The van der Waals surface area contributed by atoms with Crippen molar-refractivity contribution >= 4 is 32.3 Å². The summed E-state index contributed by atoms with van der Waals surface area (Å²) in [4.78, 5) is 0. The Morgan fingerprint density at radius 3 is 1.25 bits per heavy atom. The van der Waals surface area contributed by atoms with Gasteiger partial charge in [-0.3, -0.25) is 0 Å². The highest BCUT2D eigenvalue weighted by molar-refractivity contribution is 6.21. The van der Waals surface area contributed by atoms with Gasteiger partial charge in [0.05, 0.1) is 0 Å². The Bertz CT molecular complexity index is 2550. The Balaban J connectivity index is 1.21. The normalized spacial score (nSPS) is 11.3. The fourth-order valence-corrected chi connectivity index (χ4v) is 7.42. The van der Waals surface area contributed by atoms with Crippen molar-refractivity contribution < 1.29 is 0 Å². The summed E-state index contributed by atoms with van der Waals surface area (Å²) >= 11 is 0. The van der Waals surface area contributed by atoms with E-state index in [1.165, 1.54) is 88.0 Å². The van der Waals surface area contributed by atoms with Crippen molar-refractivity contribution in [3.05, 3.63) is 194 Å². The second kappa shape index (κ2) is 11.8. The van der Waals surface area contributed by atoms with Crippen molar-refractivity contribution in [2.24, 2.45) is 0 Å². The van der Waals surface area contributed by atoms with Crippen LogP contribution in [0, 0.1) is 0 Å². The zero-order chi connectivity index (χ0) is 31.9. The lowest BCUT2D eigenvalue weighted by Crippen LogP contribution is -1.91. The molecule has 9 rings (SSSR count). The molecule has 9 aromatic carbocycles. The van der Waals surface area contributed by atoms with Gasteiger partial charge < -0.3 is 0 Å². The van der Waals surface area contributed by atoms with Crippen LogP contribution in [-0.4, -0.2) is 0 Å². The molecule has 0 N–H and O–H groups in total. The molecule has 0 nitrogen and oxygen atoms in total. The Hall–Kier alpha value is -6.24. The molecule has 0 atom stereocenters. The standard InChI is InChI=1S/C48H32/c1-2-15-34(16-3-1)41-22-6-7-23-42(41)38-20-12-18-36(30-38)37-19-13-21-39(32-37)47-43-24-8-10-26-45(43)48(46-27-11-9-25-44(46)47)40-29-28-33-14-4-5-17-35(33)31-40/h1-32H. The molecule has 0 aliphatic rings. The molecule has 9 aromatic rings. The molecule has 0 fully saturated rings. The molecule has 0 radical (unpaired) electrons. The summed E-state index contributed by atoms with van der Waals surface area (Å²) in [7, 11) is 0. The first-order chi connectivity index (χ1) is 23.8. The minimum Gasteiger partial charge on any atom is -0.0622 e. The molecular formula is C48H32. The Kier molecular flexibility index (Phi) is 6.91. The lowest BCUT2D eigenvalue weighted by molar-refractivity contribution is 1.57. The summed E-state index contributed by atoms with van der Waals surface area (Å²) < 4.78 is 0. The Morgan fingerprint density at radius 2 is 0.625 bits per heavy atom. The summed E-state index contributed by atoms with van der Waals surface area (Å²) in [5, 5.41) is 7.59. The predicted molar refractivity (Wildman–Crippen MR) is 206 cm³/mol. The van der Waals surface area contributed by atoms with Crippen LogP contribution in [0.2, 0.25) is 0 Å². The van der Waals surface area contributed by atoms with Gasteiger partial charge in [-0.1, -0.05) is 176 Å². The summed E-state index contributed by atoms with van der Waals surface area (Å²) in [6.07, 6.45) is 0. The van der Waals surface area contributed by atoms with Crippen molar-refractivity contribution in [3.8, 4) is 55.6 Å². The smallest absolute Gasteiger partial charge is 0.00262 e. The van der Waals surface area contributed by atoms with Crippen LogP contribution in [0.15, 0.2) is 194 Å². The highest BCUT2D eigenvalue weighted by Gasteiger charge is 2.17. The maximum Gasteiger partial charge on any atom is -0.00262 e. The first kappa shape index (κ1) is 28.0. The van der Waals surface area contributed by atoms with Crippen LogP contribution in [0.5, 0.6) is 0 Å². The first-order valence-corrected chi connectivity index (χ1v) is 16.6. The van der Waals surface area contributed by atoms with E-state index in [0.717, 1.165) is 0 Å². The molecule has 0 aliphatic heterocycles. The molecule has 0 amide bonds. The van der Waals surface area contributed by atoms with Crippen LogP contribution < -0.4 is 0 Å². The fourth-order valence-electron chi connectivity index (χ4n) is 7.42. The molecule has 0 bridgehead atoms. The van der Waals surface area contributed by atoms with Crippen LogP contribution in [0.4, 0.5) is 0 Å². The monoisotopic (exact) mass is 608 g/mol. The minimum absolute atomic E-state index is 1.21. The Morgan fingerprint density at radius 1 is 0.208 bits per heavy atom. The van der Waals surface area contributed by atoms with Crippen LogP contribution in [0.3, 0.4) is 0 Å². The van der Waals surface area contributed by atoms with E-state index in [2.05, 4.69) is 194 Å². The fraction of sp³-hybridized carbons (Fsp3) is 0. The van der Waals surface area contributed by atoms with Gasteiger partial charge in [0, 0.05) is 0 Å². The van der Waals surface area contributed by atoms with Gasteiger partial charge in [0.25, 0.3) is 0 Å². The van der Waals surface area contributed by atoms with Gasteiger partial charge in [-0.05, 0) is 106 Å². The van der Waals surface area contributed by atoms with Gasteiger partial charge in [0.1, 0.15) is 0 Å². The van der Waals surface area contributed by atoms with Crippen LogP contribution in [-0.2, 0) is 0 Å². The molecule has 0 heteroatoms. The van der Waals surface area contributed by atoms with E-state index >= 15 is 0 Å². The van der Waals surface area contributed by atoms with Crippen molar-refractivity contribution in [2.45, 2.75) is 0 Å². The van der Waals surface area contributed by atoms with Crippen LogP contribution >= 0.6 is 0 Å². The number of hydrogen-bond acceptors (Lipinski definition) is 0. The topological polar surface area (TPSA) is 0 Å². The highest BCUT2D eigenvalue weighted by Crippen LogP contribution is 2.45. The van der Waals surface area contributed by atoms with E-state index in [9.17, 15) is 0 Å². The molecule has 48 heavy (non-hydrogen) atoms. The van der Waals surface area contributed by atoms with E-state index in [1.54, 1.807) is 0 Å². The minimum atomic E-state index is 1.21. The van der Waals surface area contributed by atoms with E-state index in [4.69, 9.17) is 0 Å². The Labute approximate surface area is 281 Å². The molecule has 0 unspecified atom stereocenters. The lowest BCUT2D eigenvalue weighted by atomic mass is 9.85.